The van der Waals surface area contributed by atoms with E-state index in [4.69, 9.17) is 10.8 Å². The summed E-state index contributed by atoms with van der Waals surface area (Å²) in [6, 6.07) is 5.26. The molecule has 3 N–H and O–H groups in total. The molecule has 0 spiro atoms. The minimum Gasteiger partial charge on any atom is -0.397 e. The van der Waals surface area contributed by atoms with Crippen molar-refractivity contribution >= 4 is 11.4 Å². The number of halogens is 3. The Balaban J connectivity index is 2.18. The summed E-state index contributed by atoms with van der Waals surface area (Å²) in [5.41, 5.74) is 7.75. The summed E-state index contributed by atoms with van der Waals surface area (Å²) in [5.74, 6) is 0. The molecule has 1 aromatic carbocycles. The topological polar surface area (TPSA) is 49.5 Å². The standard InChI is InChI=1S/C11H13F3N2O/c12-11(13,14)9(17)6-16-5-4-7-2-1-3-8(15)10(7)16/h1-3,9,17H,4-6,15H2. The minimum absolute atomic E-state index is 0.453. The lowest BCUT2D eigenvalue weighted by Crippen LogP contribution is -2.40. The number of nitrogens with zero attached hydrogens (tertiary/aromatic N) is 1. The van der Waals surface area contributed by atoms with Crippen LogP contribution >= 0.6 is 0 Å². The normalized spacial score (nSPS) is 17.1. The molecule has 2 rings (SSSR count). The Morgan fingerprint density at radius 2 is 2.12 bits per heavy atom. The second-order valence-electron chi connectivity index (χ2n) is 4.11. The molecule has 1 aliphatic heterocycles. The Morgan fingerprint density at radius 1 is 1.41 bits per heavy atom. The fourth-order valence-electron chi connectivity index (χ4n) is 2.06. The molecule has 1 aromatic rings. The van der Waals surface area contributed by atoms with E-state index in [9.17, 15) is 13.2 Å². The average molecular weight is 246 g/mol. The second-order valence-corrected chi connectivity index (χ2v) is 4.11. The number of aliphatic hydroxyl groups is 1. The van der Waals surface area contributed by atoms with Crippen LogP contribution in [0.25, 0.3) is 0 Å². The average Bonchev–Trinajstić information content (AvgIpc) is 2.61. The highest BCUT2D eigenvalue weighted by atomic mass is 19.4. The van der Waals surface area contributed by atoms with E-state index < -0.39 is 18.8 Å². The molecule has 17 heavy (non-hydrogen) atoms. The maximum absolute atomic E-state index is 12.3. The number of fused-ring (bicyclic) bond motifs is 1. The molecule has 1 aliphatic rings. The van der Waals surface area contributed by atoms with E-state index in [0.717, 1.165) is 5.56 Å². The van der Waals surface area contributed by atoms with Crippen LogP contribution in [0, 0.1) is 0 Å². The third kappa shape index (κ3) is 2.31. The molecule has 0 fully saturated rings. The van der Waals surface area contributed by atoms with Crippen LogP contribution in [0.4, 0.5) is 24.5 Å². The number of hydrogen-bond donors (Lipinski definition) is 2. The van der Waals surface area contributed by atoms with Crippen LogP contribution in [0.2, 0.25) is 0 Å². The van der Waals surface area contributed by atoms with E-state index in [2.05, 4.69) is 0 Å². The predicted molar refractivity (Wildman–Crippen MR) is 58.8 cm³/mol. The van der Waals surface area contributed by atoms with Gasteiger partial charge in [-0.25, -0.2) is 0 Å². The monoisotopic (exact) mass is 246 g/mol. The van der Waals surface area contributed by atoms with Crippen molar-refractivity contribution in [2.75, 3.05) is 23.7 Å². The molecule has 0 bridgehead atoms. The number of rotatable bonds is 2. The smallest absolute Gasteiger partial charge is 0.397 e. The summed E-state index contributed by atoms with van der Waals surface area (Å²) in [4.78, 5) is 1.49. The van der Waals surface area contributed by atoms with Gasteiger partial charge in [-0.05, 0) is 18.1 Å². The zero-order valence-corrected chi connectivity index (χ0v) is 9.04. The maximum Gasteiger partial charge on any atom is 0.416 e. The molecule has 0 amide bonds. The number of para-hydroxylation sites is 1. The first-order chi connectivity index (χ1) is 7.89. The number of alkyl halides is 3. The largest absolute Gasteiger partial charge is 0.416 e. The second kappa shape index (κ2) is 4.10. The lowest BCUT2D eigenvalue weighted by molar-refractivity contribution is -0.200. The van der Waals surface area contributed by atoms with Gasteiger partial charge >= 0.3 is 6.18 Å². The molecule has 0 aliphatic carbocycles. The van der Waals surface area contributed by atoms with E-state index in [1.807, 2.05) is 6.07 Å². The van der Waals surface area contributed by atoms with Gasteiger partial charge in [-0.15, -0.1) is 0 Å². The highest BCUT2D eigenvalue weighted by molar-refractivity contribution is 5.74. The van der Waals surface area contributed by atoms with Gasteiger partial charge in [0.15, 0.2) is 6.10 Å². The number of nitrogens with two attached hydrogens (primary N) is 1. The first-order valence-electron chi connectivity index (χ1n) is 5.26. The van der Waals surface area contributed by atoms with Gasteiger partial charge in [0, 0.05) is 6.54 Å². The maximum atomic E-state index is 12.3. The number of hydrogen-bond acceptors (Lipinski definition) is 3. The zero-order valence-electron chi connectivity index (χ0n) is 9.04. The molecule has 1 atom stereocenters. The van der Waals surface area contributed by atoms with Gasteiger partial charge in [0.05, 0.1) is 17.9 Å². The number of benzene rings is 1. The van der Waals surface area contributed by atoms with Gasteiger partial charge in [0.25, 0.3) is 0 Å². The van der Waals surface area contributed by atoms with Gasteiger partial charge < -0.3 is 15.7 Å². The van der Waals surface area contributed by atoms with Crippen LogP contribution in [0.15, 0.2) is 18.2 Å². The van der Waals surface area contributed by atoms with Gasteiger partial charge in [0.1, 0.15) is 0 Å². The fraction of sp³-hybridized carbons (Fsp3) is 0.455. The predicted octanol–water partition coefficient (Wildman–Crippen LogP) is 1.55. The van der Waals surface area contributed by atoms with Crippen molar-refractivity contribution in [2.45, 2.75) is 18.7 Å². The summed E-state index contributed by atoms with van der Waals surface area (Å²) >= 11 is 0. The molecule has 94 valence electrons. The summed E-state index contributed by atoms with van der Waals surface area (Å²) in [6.07, 6.45) is -6.27. The van der Waals surface area contributed by atoms with E-state index in [0.29, 0.717) is 24.3 Å². The molecule has 1 heterocycles. The van der Waals surface area contributed by atoms with E-state index in [-0.39, 0.29) is 0 Å². The summed E-state index contributed by atoms with van der Waals surface area (Å²) < 4.78 is 36.8. The quantitative estimate of drug-likeness (QED) is 0.778. The molecule has 3 nitrogen and oxygen atoms in total. The number of β-amino-alcohol motifs (C(OH)–C–C–N with tert-alkyl or cyclic N) is 1. The van der Waals surface area contributed by atoms with Gasteiger partial charge in [0.2, 0.25) is 0 Å². The molecular formula is C11H13F3N2O. The van der Waals surface area contributed by atoms with Crippen molar-refractivity contribution in [2.24, 2.45) is 0 Å². The summed E-state index contributed by atoms with van der Waals surface area (Å²) in [6.45, 7) is -0.0125. The molecule has 0 radical (unpaired) electrons. The summed E-state index contributed by atoms with van der Waals surface area (Å²) in [7, 11) is 0. The van der Waals surface area contributed by atoms with Crippen LogP contribution in [0.1, 0.15) is 5.56 Å². The van der Waals surface area contributed by atoms with E-state index in [1.165, 1.54) is 4.90 Å². The van der Waals surface area contributed by atoms with Gasteiger partial charge in [-0.1, -0.05) is 12.1 Å². The van der Waals surface area contributed by atoms with Crippen molar-refractivity contribution < 1.29 is 18.3 Å². The Morgan fingerprint density at radius 3 is 2.76 bits per heavy atom. The SMILES string of the molecule is Nc1cccc2c1N(CC(O)C(F)(F)F)CC2. The van der Waals surface area contributed by atoms with Crippen molar-refractivity contribution in [3.05, 3.63) is 23.8 Å². The van der Waals surface area contributed by atoms with Crippen LogP contribution in [0.3, 0.4) is 0 Å². The molecule has 0 saturated heterocycles. The Kier molecular flexibility index (Phi) is 2.91. The van der Waals surface area contributed by atoms with Gasteiger partial charge in [-0.3, -0.25) is 0 Å². The van der Waals surface area contributed by atoms with Crippen molar-refractivity contribution in [3.63, 3.8) is 0 Å². The number of anilines is 2. The first kappa shape index (κ1) is 12.0. The molecule has 1 unspecified atom stereocenters. The molecule has 6 heteroatoms. The summed E-state index contributed by atoms with van der Waals surface area (Å²) in [5, 5.41) is 9.06. The number of nitrogen functional groups attached to an aromatic ring is 1. The van der Waals surface area contributed by atoms with Crippen LogP contribution in [-0.4, -0.2) is 30.5 Å². The molecule has 0 saturated carbocycles. The Hall–Kier alpha value is -1.43. The highest BCUT2D eigenvalue weighted by Gasteiger charge is 2.40. The van der Waals surface area contributed by atoms with Crippen molar-refractivity contribution in [1.82, 2.24) is 0 Å². The van der Waals surface area contributed by atoms with E-state index >= 15 is 0 Å². The third-order valence-corrected chi connectivity index (χ3v) is 2.89. The van der Waals surface area contributed by atoms with E-state index in [1.54, 1.807) is 12.1 Å². The van der Waals surface area contributed by atoms with Crippen LogP contribution in [0.5, 0.6) is 0 Å². The molecule has 0 aromatic heterocycles. The lowest BCUT2D eigenvalue weighted by atomic mass is 10.1. The van der Waals surface area contributed by atoms with Crippen LogP contribution < -0.4 is 10.6 Å². The van der Waals surface area contributed by atoms with Crippen molar-refractivity contribution in [1.29, 1.82) is 0 Å². The highest BCUT2D eigenvalue weighted by Crippen LogP contribution is 2.34. The Labute approximate surface area is 96.6 Å². The van der Waals surface area contributed by atoms with Gasteiger partial charge in [-0.2, -0.15) is 13.2 Å². The fourth-order valence-corrected chi connectivity index (χ4v) is 2.06. The number of aliphatic hydroxyl groups excluding tert-OH is 1. The molecular weight excluding hydrogens is 233 g/mol. The third-order valence-electron chi connectivity index (χ3n) is 2.89. The Bertz CT molecular complexity index is 420. The first-order valence-corrected chi connectivity index (χ1v) is 5.26. The zero-order chi connectivity index (χ0) is 12.6. The minimum atomic E-state index is -4.59. The lowest BCUT2D eigenvalue weighted by Gasteiger charge is -2.25. The van der Waals surface area contributed by atoms with Crippen LogP contribution in [-0.2, 0) is 6.42 Å². The van der Waals surface area contributed by atoms with Crippen molar-refractivity contribution in [3.8, 4) is 0 Å².